The van der Waals surface area contributed by atoms with Crippen molar-refractivity contribution in [1.29, 1.82) is 0 Å². The molecule has 1 heterocycles. The molecule has 2 aromatic rings. The van der Waals surface area contributed by atoms with Gasteiger partial charge in [-0.25, -0.2) is 4.68 Å². The van der Waals surface area contributed by atoms with Crippen LogP contribution in [-0.2, 0) is 6.54 Å². The van der Waals surface area contributed by atoms with E-state index in [0.717, 1.165) is 30.8 Å². The molecule has 1 aromatic heterocycles. The second kappa shape index (κ2) is 7.02. The van der Waals surface area contributed by atoms with Crippen LogP contribution >= 0.6 is 0 Å². The largest absolute Gasteiger partial charge is 0.494 e. The lowest BCUT2D eigenvalue weighted by atomic mass is 10.2. The molecule has 0 saturated carbocycles. The van der Waals surface area contributed by atoms with Crippen molar-refractivity contribution in [3.8, 4) is 5.75 Å². The first-order valence-corrected chi connectivity index (χ1v) is 7.18. The number of unbranched alkanes of at least 4 members (excludes halogenated alkanes) is 1. The molecular formula is C16H21N3O2. The number of ketones is 1. The molecule has 0 saturated heterocycles. The summed E-state index contributed by atoms with van der Waals surface area (Å²) in [5.41, 5.74) is 2.53. The van der Waals surface area contributed by atoms with Gasteiger partial charge in [-0.05, 0) is 38.8 Å². The SMILES string of the molecule is CC(=O)c1nnn(CCCCOc2ccc(C)cc2)c1C. The number of hydrogen-bond donors (Lipinski definition) is 0. The fraction of sp³-hybridized carbons (Fsp3) is 0.438. The molecule has 0 radical (unpaired) electrons. The summed E-state index contributed by atoms with van der Waals surface area (Å²) in [5, 5.41) is 7.91. The van der Waals surface area contributed by atoms with Crippen LogP contribution in [-0.4, -0.2) is 27.4 Å². The molecule has 5 nitrogen and oxygen atoms in total. The van der Waals surface area contributed by atoms with Crippen molar-refractivity contribution in [2.45, 2.75) is 40.2 Å². The maximum atomic E-state index is 11.3. The zero-order chi connectivity index (χ0) is 15.2. The van der Waals surface area contributed by atoms with E-state index in [4.69, 9.17) is 4.74 Å². The van der Waals surface area contributed by atoms with Gasteiger partial charge >= 0.3 is 0 Å². The standard InChI is InChI=1S/C16H21N3O2/c1-12-6-8-15(9-7-12)21-11-5-4-10-19-13(2)16(14(3)20)17-18-19/h6-9H,4-5,10-11H2,1-3H3. The predicted molar refractivity (Wildman–Crippen MR) is 80.7 cm³/mol. The van der Waals surface area contributed by atoms with Gasteiger partial charge in [-0.1, -0.05) is 22.9 Å². The summed E-state index contributed by atoms with van der Waals surface area (Å²) in [5.74, 6) is 0.859. The molecule has 0 atom stereocenters. The fourth-order valence-corrected chi connectivity index (χ4v) is 2.09. The highest BCUT2D eigenvalue weighted by atomic mass is 16.5. The Kier molecular flexibility index (Phi) is 5.09. The van der Waals surface area contributed by atoms with Gasteiger partial charge in [0.1, 0.15) is 5.75 Å². The third kappa shape index (κ3) is 4.15. The van der Waals surface area contributed by atoms with Crippen LogP contribution < -0.4 is 4.74 Å². The molecule has 0 unspecified atom stereocenters. The van der Waals surface area contributed by atoms with E-state index in [1.165, 1.54) is 12.5 Å². The first-order chi connectivity index (χ1) is 10.1. The van der Waals surface area contributed by atoms with Crippen molar-refractivity contribution >= 4 is 5.78 Å². The average Bonchev–Trinajstić information content (AvgIpc) is 2.82. The van der Waals surface area contributed by atoms with Crippen LogP contribution in [0.25, 0.3) is 0 Å². The van der Waals surface area contributed by atoms with Crippen molar-refractivity contribution in [3.05, 3.63) is 41.2 Å². The number of carbonyl (C=O) groups excluding carboxylic acids is 1. The van der Waals surface area contributed by atoms with Crippen LogP contribution in [0.4, 0.5) is 0 Å². The van der Waals surface area contributed by atoms with E-state index in [-0.39, 0.29) is 5.78 Å². The smallest absolute Gasteiger partial charge is 0.181 e. The molecule has 5 heteroatoms. The number of aryl methyl sites for hydroxylation is 2. The first kappa shape index (κ1) is 15.2. The zero-order valence-corrected chi connectivity index (χ0v) is 12.8. The number of aromatic nitrogens is 3. The summed E-state index contributed by atoms with van der Waals surface area (Å²) in [6.07, 6.45) is 1.87. The Morgan fingerprint density at radius 3 is 2.52 bits per heavy atom. The Balaban J connectivity index is 1.72. The normalized spacial score (nSPS) is 10.6. The number of hydrogen-bond acceptors (Lipinski definition) is 4. The molecule has 0 amide bonds. The van der Waals surface area contributed by atoms with Gasteiger partial charge in [0.25, 0.3) is 0 Å². The van der Waals surface area contributed by atoms with Gasteiger partial charge in [0.2, 0.25) is 0 Å². The average molecular weight is 287 g/mol. The maximum Gasteiger partial charge on any atom is 0.181 e. The number of rotatable bonds is 7. The monoisotopic (exact) mass is 287 g/mol. The lowest BCUT2D eigenvalue weighted by Gasteiger charge is -2.07. The van der Waals surface area contributed by atoms with Gasteiger partial charge < -0.3 is 4.74 Å². The zero-order valence-electron chi connectivity index (χ0n) is 12.8. The van der Waals surface area contributed by atoms with Crippen molar-refractivity contribution in [2.75, 3.05) is 6.61 Å². The van der Waals surface area contributed by atoms with E-state index in [1.54, 1.807) is 4.68 Å². The van der Waals surface area contributed by atoms with Crippen molar-refractivity contribution in [1.82, 2.24) is 15.0 Å². The van der Waals surface area contributed by atoms with Crippen LogP contribution in [0.3, 0.4) is 0 Å². The summed E-state index contributed by atoms with van der Waals surface area (Å²) in [6.45, 7) is 6.87. The molecule has 0 N–H and O–H groups in total. The van der Waals surface area contributed by atoms with E-state index in [0.29, 0.717) is 12.3 Å². The Hall–Kier alpha value is -2.17. The number of Topliss-reactive ketones (excluding diaryl/α,β-unsaturated/α-hetero) is 1. The summed E-state index contributed by atoms with van der Waals surface area (Å²) in [4.78, 5) is 11.3. The molecule has 21 heavy (non-hydrogen) atoms. The minimum absolute atomic E-state index is 0.0403. The second-order valence-electron chi connectivity index (χ2n) is 5.17. The molecule has 0 bridgehead atoms. The highest BCUT2D eigenvalue weighted by Gasteiger charge is 2.11. The van der Waals surface area contributed by atoms with Gasteiger partial charge in [0.15, 0.2) is 11.5 Å². The lowest BCUT2D eigenvalue weighted by molar-refractivity contribution is 0.101. The molecule has 1 aromatic carbocycles. The van der Waals surface area contributed by atoms with E-state index >= 15 is 0 Å². The molecule has 0 aliphatic rings. The van der Waals surface area contributed by atoms with Crippen molar-refractivity contribution in [3.63, 3.8) is 0 Å². The summed E-state index contributed by atoms with van der Waals surface area (Å²) >= 11 is 0. The van der Waals surface area contributed by atoms with E-state index in [2.05, 4.69) is 17.2 Å². The summed E-state index contributed by atoms with van der Waals surface area (Å²) in [7, 11) is 0. The Bertz CT molecular complexity index is 602. The molecule has 2 rings (SSSR count). The quantitative estimate of drug-likeness (QED) is 0.580. The topological polar surface area (TPSA) is 57.0 Å². The molecular weight excluding hydrogens is 266 g/mol. The minimum Gasteiger partial charge on any atom is -0.494 e. The highest BCUT2D eigenvalue weighted by molar-refractivity contribution is 5.92. The third-order valence-electron chi connectivity index (χ3n) is 3.37. The van der Waals surface area contributed by atoms with Crippen LogP contribution in [0.15, 0.2) is 24.3 Å². The first-order valence-electron chi connectivity index (χ1n) is 7.18. The minimum atomic E-state index is -0.0403. The van der Waals surface area contributed by atoms with Gasteiger partial charge in [-0.2, -0.15) is 0 Å². The Morgan fingerprint density at radius 2 is 1.90 bits per heavy atom. The molecule has 0 aliphatic carbocycles. The van der Waals surface area contributed by atoms with Gasteiger partial charge in [-0.3, -0.25) is 4.79 Å². The van der Waals surface area contributed by atoms with Crippen molar-refractivity contribution in [2.24, 2.45) is 0 Å². The fourth-order valence-electron chi connectivity index (χ4n) is 2.09. The predicted octanol–water partition coefficient (Wildman–Crippen LogP) is 2.96. The van der Waals surface area contributed by atoms with Crippen molar-refractivity contribution < 1.29 is 9.53 Å². The van der Waals surface area contributed by atoms with Crippen LogP contribution in [0.2, 0.25) is 0 Å². The van der Waals surface area contributed by atoms with Gasteiger partial charge in [0.05, 0.1) is 12.3 Å². The molecule has 0 aliphatic heterocycles. The molecule has 0 fully saturated rings. The number of carbonyl (C=O) groups is 1. The lowest BCUT2D eigenvalue weighted by Crippen LogP contribution is -2.06. The van der Waals surface area contributed by atoms with E-state index < -0.39 is 0 Å². The van der Waals surface area contributed by atoms with Crippen LogP contribution in [0, 0.1) is 13.8 Å². The Morgan fingerprint density at radius 1 is 1.19 bits per heavy atom. The number of benzene rings is 1. The Labute approximate surface area is 124 Å². The highest BCUT2D eigenvalue weighted by Crippen LogP contribution is 2.12. The number of nitrogens with zero attached hydrogens (tertiary/aromatic N) is 3. The molecule has 0 spiro atoms. The maximum absolute atomic E-state index is 11.3. The van der Waals surface area contributed by atoms with Crippen LogP contribution in [0.1, 0.15) is 41.5 Å². The van der Waals surface area contributed by atoms with Crippen LogP contribution in [0.5, 0.6) is 5.75 Å². The van der Waals surface area contributed by atoms with Gasteiger partial charge in [0, 0.05) is 13.5 Å². The molecule has 112 valence electrons. The summed E-state index contributed by atoms with van der Waals surface area (Å²) in [6, 6.07) is 8.04. The van der Waals surface area contributed by atoms with E-state index in [9.17, 15) is 4.79 Å². The second-order valence-corrected chi connectivity index (χ2v) is 5.17. The number of ether oxygens (including phenoxy) is 1. The van der Waals surface area contributed by atoms with Gasteiger partial charge in [-0.15, -0.1) is 5.10 Å². The summed E-state index contributed by atoms with van der Waals surface area (Å²) < 4.78 is 7.45. The van der Waals surface area contributed by atoms with E-state index in [1.807, 2.05) is 31.2 Å². The third-order valence-corrected chi connectivity index (χ3v) is 3.37.